The lowest BCUT2D eigenvalue weighted by molar-refractivity contribution is -0.139. The molecular formula is C18H24N2O2. The first-order valence-electron chi connectivity index (χ1n) is 7.94. The van der Waals surface area contributed by atoms with Crippen molar-refractivity contribution < 1.29 is 9.53 Å². The first kappa shape index (κ1) is 16.4. The normalized spacial score (nSPS) is 22.5. The summed E-state index contributed by atoms with van der Waals surface area (Å²) in [6, 6.07) is 9.23. The van der Waals surface area contributed by atoms with E-state index in [-0.39, 0.29) is 5.91 Å². The van der Waals surface area contributed by atoms with Crippen molar-refractivity contribution in [3.8, 4) is 11.8 Å². The van der Waals surface area contributed by atoms with E-state index in [0.29, 0.717) is 17.4 Å². The second kappa shape index (κ2) is 7.31. The molecule has 0 aliphatic heterocycles. The fourth-order valence-electron chi connectivity index (χ4n) is 2.96. The van der Waals surface area contributed by atoms with E-state index in [4.69, 9.17) is 10.00 Å². The Morgan fingerprint density at radius 2 is 1.86 bits per heavy atom. The van der Waals surface area contributed by atoms with Crippen molar-refractivity contribution in [1.82, 2.24) is 4.90 Å². The zero-order valence-corrected chi connectivity index (χ0v) is 13.6. The van der Waals surface area contributed by atoms with Crippen LogP contribution in [0, 0.1) is 17.2 Å². The predicted molar refractivity (Wildman–Crippen MR) is 85.4 cm³/mol. The number of rotatable bonds is 4. The van der Waals surface area contributed by atoms with E-state index in [2.05, 4.69) is 13.0 Å². The lowest BCUT2D eigenvalue weighted by Gasteiger charge is -2.34. The molecule has 0 radical (unpaired) electrons. The van der Waals surface area contributed by atoms with Gasteiger partial charge in [0.2, 0.25) is 0 Å². The minimum Gasteiger partial charge on any atom is -0.481 e. The van der Waals surface area contributed by atoms with Crippen LogP contribution in [0.2, 0.25) is 0 Å². The van der Waals surface area contributed by atoms with E-state index >= 15 is 0 Å². The van der Waals surface area contributed by atoms with Crippen LogP contribution in [0.3, 0.4) is 0 Å². The molecule has 1 fully saturated rings. The van der Waals surface area contributed by atoms with E-state index in [0.717, 1.165) is 18.8 Å². The van der Waals surface area contributed by atoms with Gasteiger partial charge >= 0.3 is 0 Å². The molecule has 118 valence electrons. The van der Waals surface area contributed by atoms with Gasteiger partial charge in [-0.15, -0.1) is 0 Å². The highest BCUT2D eigenvalue weighted by molar-refractivity contribution is 5.81. The van der Waals surface area contributed by atoms with Crippen LogP contribution in [0.15, 0.2) is 24.3 Å². The van der Waals surface area contributed by atoms with Crippen molar-refractivity contribution in [3.05, 3.63) is 29.8 Å². The summed E-state index contributed by atoms with van der Waals surface area (Å²) in [5.41, 5.74) is 0.583. The highest BCUT2D eigenvalue weighted by Gasteiger charge is 2.28. The number of hydrogen-bond acceptors (Lipinski definition) is 3. The summed E-state index contributed by atoms with van der Waals surface area (Å²) < 4.78 is 5.71. The summed E-state index contributed by atoms with van der Waals surface area (Å²) >= 11 is 0. The average molecular weight is 300 g/mol. The Morgan fingerprint density at radius 3 is 2.41 bits per heavy atom. The van der Waals surface area contributed by atoms with Crippen LogP contribution < -0.4 is 4.74 Å². The van der Waals surface area contributed by atoms with E-state index in [9.17, 15) is 4.79 Å². The zero-order valence-electron chi connectivity index (χ0n) is 13.6. The summed E-state index contributed by atoms with van der Waals surface area (Å²) in [4.78, 5) is 14.3. The molecule has 4 nitrogen and oxygen atoms in total. The topological polar surface area (TPSA) is 53.3 Å². The molecule has 1 aromatic carbocycles. The van der Waals surface area contributed by atoms with Crippen molar-refractivity contribution in [2.24, 2.45) is 5.92 Å². The van der Waals surface area contributed by atoms with Crippen LogP contribution in [0.4, 0.5) is 0 Å². The van der Waals surface area contributed by atoms with Gasteiger partial charge in [0.1, 0.15) is 5.75 Å². The molecule has 22 heavy (non-hydrogen) atoms. The van der Waals surface area contributed by atoms with Crippen molar-refractivity contribution in [2.45, 2.75) is 51.7 Å². The molecule has 2 rings (SSSR count). The van der Waals surface area contributed by atoms with Crippen molar-refractivity contribution in [3.63, 3.8) is 0 Å². The SMILES string of the molecule is CC1CCC(N(C)C(=O)C(C)Oc2ccc(C#N)cc2)CC1. The van der Waals surface area contributed by atoms with Crippen LogP contribution >= 0.6 is 0 Å². The van der Waals surface area contributed by atoms with E-state index in [1.54, 1.807) is 31.2 Å². The Kier molecular flexibility index (Phi) is 5.43. The highest BCUT2D eigenvalue weighted by atomic mass is 16.5. The van der Waals surface area contributed by atoms with Gasteiger partial charge in [-0.25, -0.2) is 0 Å². The van der Waals surface area contributed by atoms with Crippen LogP contribution in [0.1, 0.15) is 45.1 Å². The first-order valence-corrected chi connectivity index (χ1v) is 7.94. The lowest BCUT2D eigenvalue weighted by Crippen LogP contribution is -2.45. The minimum absolute atomic E-state index is 0.0175. The lowest BCUT2D eigenvalue weighted by atomic mass is 9.86. The molecule has 0 bridgehead atoms. The van der Waals surface area contributed by atoms with Crippen LogP contribution in [-0.4, -0.2) is 30.0 Å². The van der Waals surface area contributed by atoms with Gasteiger partial charge in [-0.2, -0.15) is 5.26 Å². The quantitative estimate of drug-likeness (QED) is 0.856. The van der Waals surface area contributed by atoms with Crippen molar-refractivity contribution >= 4 is 5.91 Å². The third kappa shape index (κ3) is 4.00. The molecule has 0 spiro atoms. The molecule has 0 heterocycles. The number of nitrogens with zero attached hydrogens (tertiary/aromatic N) is 2. The molecule has 0 aromatic heterocycles. The van der Waals surface area contributed by atoms with Crippen LogP contribution in [0.25, 0.3) is 0 Å². The van der Waals surface area contributed by atoms with Crippen LogP contribution in [0.5, 0.6) is 5.75 Å². The van der Waals surface area contributed by atoms with Gasteiger partial charge in [0.25, 0.3) is 5.91 Å². The first-order chi connectivity index (χ1) is 10.5. The standard InChI is InChI=1S/C18H24N2O2/c1-13-4-8-16(9-5-13)20(3)18(21)14(2)22-17-10-6-15(12-19)7-11-17/h6-7,10-11,13-14,16H,4-5,8-9H2,1-3H3. The predicted octanol–water partition coefficient (Wildman–Crippen LogP) is 3.36. The Hall–Kier alpha value is -2.02. The van der Waals surface area contributed by atoms with Crippen molar-refractivity contribution in [1.29, 1.82) is 5.26 Å². The number of carbonyl (C=O) groups excluding carboxylic acids is 1. The van der Waals surface area contributed by atoms with E-state index in [1.807, 2.05) is 11.9 Å². The Morgan fingerprint density at radius 1 is 1.27 bits per heavy atom. The van der Waals surface area contributed by atoms with Gasteiger partial charge in [0, 0.05) is 13.1 Å². The van der Waals surface area contributed by atoms with Crippen molar-refractivity contribution in [2.75, 3.05) is 7.05 Å². The summed E-state index contributed by atoms with van der Waals surface area (Å²) in [6.45, 7) is 4.05. The third-order valence-corrected chi connectivity index (χ3v) is 4.52. The molecule has 4 heteroatoms. The largest absolute Gasteiger partial charge is 0.481 e. The summed E-state index contributed by atoms with van der Waals surface area (Å²) in [5, 5.41) is 8.78. The molecule has 1 aliphatic rings. The summed E-state index contributed by atoms with van der Waals surface area (Å²) in [7, 11) is 1.88. The van der Waals surface area contributed by atoms with E-state index in [1.165, 1.54) is 12.8 Å². The number of ether oxygens (including phenoxy) is 1. The second-order valence-electron chi connectivity index (χ2n) is 6.26. The average Bonchev–Trinajstić information content (AvgIpc) is 2.55. The number of hydrogen-bond donors (Lipinski definition) is 0. The maximum absolute atomic E-state index is 12.5. The maximum Gasteiger partial charge on any atom is 0.263 e. The molecule has 1 atom stereocenters. The summed E-state index contributed by atoms with van der Waals surface area (Å²) in [6.07, 6.45) is 4.01. The molecular weight excluding hydrogens is 276 g/mol. The molecule has 1 aliphatic carbocycles. The Labute approximate surface area is 132 Å². The summed E-state index contributed by atoms with van der Waals surface area (Å²) in [5.74, 6) is 1.40. The third-order valence-electron chi connectivity index (χ3n) is 4.52. The number of carbonyl (C=O) groups is 1. The van der Waals surface area contributed by atoms with Gasteiger partial charge in [-0.1, -0.05) is 6.92 Å². The smallest absolute Gasteiger partial charge is 0.263 e. The number of benzene rings is 1. The second-order valence-corrected chi connectivity index (χ2v) is 6.26. The Balaban J connectivity index is 1.91. The zero-order chi connectivity index (χ0) is 16.1. The fourth-order valence-corrected chi connectivity index (χ4v) is 2.96. The number of likely N-dealkylation sites (N-methyl/N-ethyl adjacent to an activating group) is 1. The fraction of sp³-hybridized carbons (Fsp3) is 0.556. The van der Waals surface area contributed by atoms with Gasteiger partial charge < -0.3 is 9.64 Å². The highest BCUT2D eigenvalue weighted by Crippen LogP contribution is 2.27. The van der Waals surface area contributed by atoms with Gasteiger partial charge in [-0.05, 0) is 62.8 Å². The number of nitriles is 1. The van der Waals surface area contributed by atoms with E-state index < -0.39 is 6.10 Å². The minimum atomic E-state index is -0.516. The molecule has 1 saturated carbocycles. The molecule has 1 aromatic rings. The monoisotopic (exact) mass is 300 g/mol. The molecule has 1 unspecified atom stereocenters. The van der Waals surface area contributed by atoms with Gasteiger partial charge in [-0.3, -0.25) is 4.79 Å². The van der Waals surface area contributed by atoms with Gasteiger partial charge in [0.05, 0.1) is 11.6 Å². The molecule has 0 N–H and O–H groups in total. The van der Waals surface area contributed by atoms with Crippen LogP contribution in [-0.2, 0) is 4.79 Å². The molecule has 1 amide bonds. The maximum atomic E-state index is 12.5. The van der Waals surface area contributed by atoms with Gasteiger partial charge in [0.15, 0.2) is 6.10 Å². The molecule has 0 saturated heterocycles. The number of amides is 1. The Bertz CT molecular complexity index is 539.